The number of para-hydroxylation sites is 1. The highest BCUT2D eigenvalue weighted by Crippen LogP contribution is 2.48. The topological polar surface area (TPSA) is 64.7 Å². The Kier molecular flexibility index (Phi) is 4.93. The van der Waals surface area contributed by atoms with Gasteiger partial charge in [-0.3, -0.25) is 4.98 Å². The van der Waals surface area contributed by atoms with Crippen LogP contribution in [-0.4, -0.2) is 19.9 Å². The molecule has 0 saturated carbocycles. The van der Waals surface area contributed by atoms with Crippen molar-refractivity contribution in [1.29, 1.82) is 0 Å². The summed E-state index contributed by atoms with van der Waals surface area (Å²) in [5.41, 5.74) is 8.98. The van der Waals surface area contributed by atoms with E-state index in [0.717, 1.165) is 38.5 Å². The first-order valence-corrected chi connectivity index (χ1v) is 15.0. The van der Waals surface area contributed by atoms with Crippen LogP contribution in [0.2, 0.25) is 0 Å². The van der Waals surface area contributed by atoms with Crippen LogP contribution in [0.25, 0.3) is 100 Å². The molecule has 1 aliphatic rings. The molecular weight excluding hydrogens is 552 g/mol. The number of furan rings is 1. The van der Waals surface area contributed by atoms with Gasteiger partial charge in [-0.15, -0.1) is 0 Å². The van der Waals surface area contributed by atoms with E-state index in [4.69, 9.17) is 24.4 Å². The van der Waals surface area contributed by atoms with Crippen LogP contribution >= 0.6 is 0 Å². The molecule has 208 valence electrons. The molecule has 0 radical (unpaired) electrons. The van der Waals surface area contributed by atoms with E-state index in [0.29, 0.717) is 23.2 Å². The van der Waals surface area contributed by atoms with Crippen molar-refractivity contribution in [3.63, 3.8) is 0 Å². The third kappa shape index (κ3) is 3.61. The predicted molar refractivity (Wildman–Crippen MR) is 181 cm³/mol. The summed E-state index contributed by atoms with van der Waals surface area (Å²) in [5.74, 6) is 1.70. The normalized spacial score (nSPS) is 12.0. The lowest BCUT2D eigenvalue weighted by Gasteiger charge is -2.11. The zero-order valence-corrected chi connectivity index (χ0v) is 23.9. The lowest BCUT2D eigenvalue weighted by Crippen LogP contribution is -2.01. The largest absolute Gasteiger partial charge is 0.456 e. The van der Waals surface area contributed by atoms with Gasteiger partial charge in [0.1, 0.15) is 16.9 Å². The smallest absolute Gasteiger partial charge is 0.183 e. The van der Waals surface area contributed by atoms with Gasteiger partial charge in [-0.05, 0) is 68.1 Å². The van der Waals surface area contributed by atoms with Gasteiger partial charge >= 0.3 is 0 Å². The molecule has 5 heteroatoms. The maximum Gasteiger partial charge on any atom is 0.183 e. The highest BCUT2D eigenvalue weighted by molar-refractivity contribution is 6.15. The van der Waals surface area contributed by atoms with Crippen LogP contribution in [0.5, 0.6) is 0 Å². The fraction of sp³-hybridized carbons (Fsp3) is 0. The standard InChI is InChI=1S/C40H22N4O/c1-2-8-25-21-26(16-15-23(25)7-1)38-42-39(27-17-18-28-29-12-5-9-24-10-6-13-30(35(24)29)32(28)22-27)44-40(43-38)37-36-31-11-3-4-14-33(31)45-34(36)19-20-41-37/h1-22H. The van der Waals surface area contributed by atoms with Crippen molar-refractivity contribution in [3.05, 3.63) is 134 Å². The molecule has 10 rings (SSSR count). The summed E-state index contributed by atoms with van der Waals surface area (Å²) >= 11 is 0. The second kappa shape index (κ2) is 9.15. The van der Waals surface area contributed by atoms with E-state index in [1.807, 2.05) is 30.3 Å². The molecule has 9 aromatic rings. The first kappa shape index (κ1) is 24.3. The third-order valence-electron chi connectivity index (χ3n) is 8.91. The lowest BCUT2D eigenvalue weighted by atomic mass is 10.0. The minimum absolute atomic E-state index is 0.506. The lowest BCUT2D eigenvalue weighted by molar-refractivity contribution is 0.668. The van der Waals surface area contributed by atoms with E-state index in [-0.39, 0.29) is 0 Å². The van der Waals surface area contributed by atoms with E-state index >= 15 is 0 Å². The molecule has 0 spiro atoms. The van der Waals surface area contributed by atoms with Crippen LogP contribution in [0.4, 0.5) is 0 Å². The summed E-state index contributed by atoms with van der Waals surface area (Å²) in [6.45, 7) is 0. The minimum Gasteiger partial charge on any atom is -0.456 e. The molecule has 1 aliphatic carbocycles. The molecule has 0 N–H and O–H groups in total. The monoisotopic (exact) mass is 574 g/mol. The Hall–Kier alpha value is -6.20. The van der Waals surface area contributed by atoms with Gasteiger partial charge in [-0.2, -0.15) is 0 Å². The number of benzene rings is 6. The summed E-state index contributed by atoms with van der Waals surface area (Å²) in [5, 5.41) is 6.71. The van der Waals surface area contributed by atoms with E-state index in [1.165, 1.54) is 38.4 Å². The van der Waals surface area contributed by atoms with Gasteiger partial charge in [-0.25, -0.2) is 15.0 Å². The second-order valence-electron chi connectivity index (χ2n) is 11.5. The Bertz CT molecular complexity index is 2670. The first-order chi connectivity index (χ1) is 22.3. The second-order valence-corrected chi connectivity index (χ2v) is 11.5. The molecule has 3 aromatic heterocycles. The van der Waals surface area contributed by atoms with Crippen molar-refractivity contribution in [2.75, 3.05) is 0 Å². The van der Waals surface area contributed by atoms with Gasteiger partial charge in [-0.1, -0.05) is 103 Å². The van der Waals surface area contributed by atoms with E-state index in [1.54, 1.807) is 6.20 Å². The molecule has 0 atom stereocenters. The van der Waals surface area contributed by atoms with Crippen molar-refractivity contribution >= 4 is 43.5 Å². The molecule has 45 heavy (non-hydrogen) atoms. The molecule has 0 amide bonds. The zero-order chi connectivity index (χ0) is 29.5. The molecule has 0 fully saturated rings. The Morgan fingerprint density at radius 2 is 1.11 bits per heavy atom. The van der Waals surface area contributed by atoms with E-state index < -0.39 is 0 Å². The van der Waals surface area contributed by atoms with Crippen molar-refractivity contribution in [3.8, 4) is 56.5 Å². The number of hydrogen-bond acceptors (Lipinski definition) is 5. The molecule has 3 heterocycles. The molecule has 0 aliphatic heterocycles. The summed E-state index contributed by atoms with van der Waals surface area (Å²) < 4.78 is 6.19. The number of nitrogens with zero attached hydrogens (tertiary/aromatic N) is 4. The summed E-state index contributed by atoms with van der Waals surface area (Å²) in [6.07, 6.45) is 1.76. The van der Waals surface area contributed by atoms with Gasteiger partial charge in [0.25, 0.3) is 0 Å². The van der Waals surface area contributed by atoms with Crippen LogP contribution in [0.15, 0.2) is 138 Å². The molecular formula is C40H22N4O. The van der Waals surface area contributed by atoms with Crippen molar-refractivity contribution in [1.82, 2.24) is 19.9 Å². The quantitative estimate of drug-likeness (QED) is 0.210. The predicted octanol–water partition coefficient (Wildman–Crippen LogP) is 10.1. The molecule has 5 nitrogen and oxygen atoms in total. The summed E-state index contributed by atoms with van der Waals surface area (Å²) in [7, 11) is 0. The highest BCUT2D eigenvalue weighted by Gasteiger charge is 2.23. The Labute approximate surface area is 257 Å². The molecule has 0 bridgehead atoms. The van der Waals surface area contributed by atoms with Crippen LogP contribution in [0.1, 0.15) is 0 Å². The third-order valence-corrected chi connectivity index (χ3v) is 8.91. The van der Waals surface area contributed by atoms with Crippen molar-refractivity contribution in [2.45, 2.75) is 0 Å². The average molecular weight is 575 g/mol. The Balaban J connectivity index is 1.22. The van der Waals surface area contributed by atoms with Gasteiger partial charge in [0, 0.05) is 22.7 Å². The number of pyridine rings is 1. The van der Waals surface area contributed by atoms with Crippen LogP contribution in [0, 0.1) is 0 Å². The fourth-order valence-corrected chi connectivity index (χ4v) is 6.84. The minimum atomic E-state index is 0.506. The van der Waals surface area contributed by atoms with Gasteiger partial charge < -0.3 is 4.42 Å². The van der Waals surface area contributed by atoms with Gasteiger partial charge in [0.2, 0.25) is 0 Å². The Morgan fingerprint density at radius 1 is 0.422 bits per heavy atom. The zero-order valence-electron chi connectivity index (χ0n) is 23.9. The number of fused-ring (bicyclic) bond motifs is 7. The van der Waals surface area contributed by atoms with Crippen LogP contribution < -0.4 is 0 Å². The maximum absolute atomic E-state index is 6.19. The van der Waals surface area contributed by atoms with Crippen LogP contribution in [0.3, 0.4) is 0 Å². The fourth-order valence-electron chi connectivity index (χ4n) is 6.84. The van der Waals surface area contributed by atoms with Crippen LogP contribution in [-0.2, 0) is 0 Å². The van der Waals surface area contributed by atoms with Gasteiger partial charge in [0.05, 0.1) is 5.39 Å². The summed E-state index contributed by atoms with van der Waals surface area (Å²) in [4.78, 5) is 20.1. The molecule has 6 aromatic carbocycles. The number of rotatable bonds is 3. The molecule has 0 saturated heterocycles. The summed E-state index contributed by atoms with van der Waals surface area (Å²) in [6, 6.07) is 44.1. The maximum atomic E-state index is 6.19. The average Bonchev–Trinajstić information content (AvgIpc) is 3.65. The molecule has 0 unspecified atom stereocenters. The number of aromatic nitrogens is 4. The van der Waals surface area contributed by atoms with Gasteiger partial charge in [0.15, 0.2) is 17.5 Å². The highest BCUT2D eigenvalue weighted by atomic mass is 16.3. The van der Waals surface area contributed by atoms with E-state index in [2.05, 4.69) is 97.1 Å². The van der Waals surface area contributed by atoms with Crippen molar-refractivity contribution < 1.29 is 4.42 Å². The Morgan fingerprint density at radius 3 is 1.98 bits per heavy atom. The van der Waals surface area contributed by atoms with E-state index in [9.17, 15) is 0 Å². The van der Waals surface area contributed by atoms with Crippen molar-refractivity contribution in [2.24, 2.45) is 0 Å². The SMILES string of the molecule is c1ccc2cc(-c3nc(-c4ccc5c(c4)-c4cccc6cccc-5c46)nc(-c4nccc5oc6ccccc6c45)n3)ccc2c1. The number of hydrogen-bond donors (Lipinski definition) is 0. The first-order valence-electron chi connectivity index (χ1n) is 15.0.